The third-order valence-corrected chi connectivity index (χ3v) is 5.72. The van der Waals surface area contributed by atoms with Crippen LogP contribution < -0.4 is 15.0 Å². The lowest BCUT2D eigenvalue weighted by molar-refractivity contribution is -0.160. The van der Waals surface area contributed by atoms with Gasteiger partial charge in [0, 0.05) is 35.2 Å². The molecule has 1 saturated heterocycles. The van der Waals surface area contributed by atoms with Gasteiger partial charge in [0.2, 0.25) is 0 Å². The van der Waals surface area contributed by atoms with Gasteiger partial charge < -0.3 is 18.9 Å². The van der Waals surface area contributed by atoms with E-state index in [4.69, 9.17) is 25.8 Å². The van der Waals surface area contributed by atoms with Crippen molar-refractivity contribution < 1.29 is 32.5 Å². The molecule has 0 N–H and O–H groups in total. The number of aromatic nitrogens is 1. The van der Waals surface area contributed by atoms with Gasteiger partial charge in [-0.05, 0) is 58.2 Å². The fourth-order valence-electron chi connectivity index (χ4n) is 3.99. The van der Waals surface area contributed by atoms with Crippen LogP contribution in [0.1, 0.15) is 52.5 Å². The van der Waals surface area contributed by atoms with Crippen molar-refractivity contribution in [1.82, 2.24) is 4.57 Å². The maximum Gasteiger partial charge on any atom is 0.387 e. The van der Waals surface area contributed by atoms with Crippen LogP contribution in [-0.4, -0.2) is 42.6 Å². The summed E-state index contributed by atoms with van der Waals surface area (Å²) in [5, 5.41) is 0.258. The van der Waals surface area contributed by atoms with Crippen molar-refractivity contribution in [1.29, 1.82) is 0 Å². The predicted molar refractivity (Wildman–Crippen MR) is 127 cm³/mol. The van der Waals surface area contributed by atoms with E-state index in [-0.39, 0.29) is 40.2 Å². The highest BCUT2D eigenvalue weighted by Gasteiger charge is 2.32. The molecular formula is C25H30ClF2NO6. The second-order valence-electron chi connectivity index (χ2n) is 9.29. The molecule has 2 heterocycles. The van der Waals surface area contributed by atoms with Crippen LogP contribution in [0.15, 0.2) is 35.3 Å². The van der Waals surface area contributed by atoms with Crippen molar-refractivity contribution in [3.8, 4) is 22.6 Å². The fourth-order valence-corrected chi connectivity index (χ4v) is 4.16. The zero-order valence-electron chi connectivity index (χ0n) is 20.2. The maximum atomic E-state index is 13.3. The van der Waals surface area contributed by atoms with E-state index in [1.807, 2.05) is 0 Å². The van der Waals surface area contributed by atoms with E-state index >= 15 is 0 Å². The van der Waals surface area contributed by atoms with E-state index in [9.17, 15) is 18.4 Å². The maximum absolute atomic E-state index is 13.3. The molecule has 10 heteroatoms. The summed E-state index contributed by atoms with van der Waals surface area (Å²) in [5.41, 5.74) is -0.957. The molecule has 1 fully saturated rings. The summed E-state index contributed by atoms with van der Waals surface area (Å²) < 4.78 is 48.7. The number of esters is 1. The van der Waals surface area contributed by atoms with Gasteiger partial charge in [0.1, 0.15) is 23.1 Å². The van der Waals surface area contributed by atoms with Crippen molar-refractivity contribution >= 4 is 17.6 Å². The van der Waals surface area contributed by atoms with E-state index in [0.29, 0.717) is 6.61 Å². The van der Waals surface area contributed by atoms with Crippen LogP contribution in [0.5, 0.6) is 11.5 Å². The number of pyridine rings is 1. The van der Waals surface area contributed by atoms with Crippen LogP contribution >= 0.6 is 11.6 Å². The standard InChI is InChI=1S/C25H30ClF2NO6/c1-25(2,3)35-23(31)19(12-16-7-5-6-10-33-16)29-14-21(32-4)18(13-22(29)30)17-11-15(26)8-9-20(17)34-24(27)28/h8-9,11,13-14,16,19,24H,5-7,10,12H2,1-4H3/t16-,19?/m1/s1. The molecule has 2 atom stereocenters. The Morgan fingerprint density at radius 1 is 1.20 bits per heavy atom. The Morgan fingerprint density at radius 3 is 2.51 bits per heavy atom. The van der Waals surface area contributed by atoms with Gasteiger partial charge in [-0.2, -0.15) is 8.78 Å². The van der Waals surface area contributed by atoms with Crippen LogP contribution in [0.2, 0.25) is 5.02 Å². The van der Waals surface area contributed by atoms with Gasteiger partial charge in [0.05, 0.1) is 19.4 Å². The quantitative estimate of drug-likeness (QED) is 0.426. The molecule has 1 aliphatic heterocycles. The van der Waals surface area contributed by atoms with Gasteiger partial charge in [-0.1, -0.05) is 11.6 Å². The molecule has 0 saturated carbocycles. The van der Waals surface area contributed by atoms with Crippen molar-refractivity contribution in [2.75, 3.05) is 13.7 Å². The highest BCUT2D eigenvalue weighted by Crippen LogP contribution is 2.38. The Kier molecular flexibility index (Phi) is 8.77. The van der Waals surface area contributed by atoms with Crippen molar-refractivity contribution in [3.63, 3.8) is 0 Å². The summed E-state index contributed by atoms with van der Waals surface area (Å²) in [6.45, 7) is 2.75. The van der Waals surface area contributed by atoms with E-state index in [1.54, 1.807) is 20.8 Å². The van der Waals surface area contributed by atoms with Gasteiger partial charge in [-0.3, -0.25) is 9.36 Å². The Labute approximate surface area is 207 Å². The molecule has 192 valence electrons. The SMILES string of the molecule is COc1cn(C(C[C@H]2CCCCO2)C(=O)OC(C)(C)C)c(=O)cc1-c1cc(Cl)ccc1OC(F)F. The van der Waals surface area contributed by atoms with Crippen LogP contribution in [0, 0.1) is 0 Å². The van der Waals surface area contributed by atoms with Gasteiger partial charge >= 0.3 is 12.6 Å². The number of benzene rings is 1. The van der Waals surface area contributed by atoms with Gasteiger partial charge in [0.25, 0.3) is 5.56 Å². The summed E-state index contributed by atoms with van der Waals surface area (Å²) in [6.07, 6.45) is 4.08. The molecule has 0 aliphatic carbocycles. The normalized spacial score (nSPS) is 17.2. The van der Waals surface area contributed by atoms with Crippen molar-refractivity contribution in [2.45, 2.75) is 70.8 Å². The number of carbonyl (C=O) groups is 1. The number of methoxy groups -OCH3 is 1. The Bertz CT molecular complexity index is 1090. The lowest BCUT2D eigenvalue weighted by atomic mass is 10.0. The molecule has 0 spiro atoms. The number of halogens is 3. The zero-order valence-corrected chi connectivity index (χ0v) is 20.9. The molecule has 1 aromatic carbocycles. The van der Waals surface area contributed by atoms with Gasteiger partial charge in [-0.15, -0.1) is 0 Å². The third kappa shape index (κ3) is 7.18. The first kappa shape index (κ1) is 26.9. The lowest BCUT2D eigenvalue weighted by Crippen LogP contribution is -2.37. The van der Waals surface area contributed by atoms with Crippen molar-refractivity contribution in [3.05, 3.63) is 45.8 Å². The first-order valence-electron chi connectivity index (χ1n) is 11.4. The first-order valence-corrected chi connectivity index (χ1v) is 11.8. The Hall–Kier alpha value is -2.65. The second kappa shape index (κ2) is 11.4. The molecular weight excluding hydrogens is 484 g/mol. The number of ether oxygens (including phenoxy) is 4. The molecule has 3 rings (SSSR count). The molecule has 0 bridgehead atoms. The highest BCUT2D eigenvalue weighted by molar-refractivity contribution is 6.31. The molecule has 2 aromatic rings. The molecule has 35 heavy (non-hydrogen) atoms. The summed E-state index contributed by atoms with van der Waals surface area (Å²) >= 11 is 6.09. The average Bonchev–Trinajstić information content (AvgIpc) is 2.78. The Morgan fingerprint density at radius 2 is 1.91 bits per heavy atom. The fraction of sp³-hybridized carbons (Fsp3) is 0.520. The average molecular weight is 514 g/mol. The van der Waals surface area contributed by atoms with Crippen LogP contribution in [-0.2, 0) is 14.3 Å². The number of hydrogen-bond donors (Lipinski definition) is 0. The smallest absolute Gasteiger partial charge is 0.387 e. The zero-order chi connectivity index (χ0) is 25.8. The summed E-state index contributed by atoms with van der Waals surface area (Å²) in [6, 6.07) is 4.34. The minimum absolute atomic E-state index is 0.156. The summed E-state index contributed by atoms with van der Waals surface area (Å²) in [5.74, 6) is -0.573. The van der Waals surface area contributed by atoms with E-state index < -0.39 is 29.8 Å². The molecule has 1 unspecified atom stereocenters. The van der Waals surface area contributed by atoms with Crippen LogP contribution in [0.4, 0.5) is 8.78 Å². The van der Waals surface area contributed by atoms with Crippen LogP contribution in [0.3, 0.4) is 0 Å². The molecule has 0 amide bonds. The Balaban J connectivity index is 2.08. The van der Waals surface area contributed by atoms with Crippen molar-refractivity contribution in [2.24, 2.45) is 0 Å². The third-order valence-electron chi connectivity index (χ3n) is 5.49. The second-order valence-corrected chi connectivity index (χ2v) is 9.73. The largest absolute Gasteiger partial charge is 0.495 e. The lowest BCUT2D eigenvalue weighted by Gasteiger charge is -2.29. The summed E-state index contributed by atoms with van der Waals surface area (Å²) in [4.78, 5) is 26.5. The monoisotopic (exact) mass is 513 g/mol. The van der Waals surface area contributed by atoms with Gasteiger partial charge in [0.15, 0.2) is 0 Å². The first-order chi connectivity index (χ1) is 16.5. The topological polar surface area (TPSA) is 76.0 Å². The number of carbonyl (C=O) groups excluding carboxylic acids is 1. The van der Waals surface area contributed by atoms with Gasteiger partial charge in [-0.25, -0.2) is 4.79 Å². The molecule has 7 nitrogen and oxygen atoms in total. The highest BCUT2D eigenvalue weighted by atomic mass is 35.5. The number of rotatable bonds is 8. The predicted octanol–water partition coefficient (Wildman–Crippen LogP) is 5.62. The van der Waals surface area contributed by atoms with E-state index in [1.165, 1.54) is 42.1 Å². The molecule has 1 aliphatic rings. The van der Waals surface area contributed by atoms with E-state index in [2.05, 4.69) is 4.74 Å². The number of alkyl halides is 2. The van der Waals surface area contributed by atoms with Crippen LogP contribution in [0.25, 0.3) is 11.1 Å². The molecule has 0 radical (unpaired) electrons. The molecule has 1 aromatic heterocycles. The number of nitrogens with zero attached hydrogens (tertiary/aromatic N) is 1. The minimum atomic E-state index is -3.08. The number of hydrogen-bond acceptors (Lipinski definition) is 6. The van der Waals surface area contributed by atoms with E-state index in [0.717, 1.165) is 19.3 Å². The minimum Gasteiger partial charge on any atom is -0.495 e. The summed E-state index contributed by atoms with van der Waals surface area (Å²) in [7, 11) is 1.37.